The molecule has 1 aliphatic rings. The highest BCUT2D eigenvalue weighted by Crippen LogP contribution is 2.20. The van der Waals surface area contributed by atoms with Crippen molar-refractivity contribution in [1.82, 2.24) is 5.06 Å². The Bertz CT molecular complexity index is 444. The van der Waals surface area contributed by atoms with Gasteiger partial charge in [-0.05, 0) is 17.7 Å². The van der Waals surface area contributed by atoms with E-state index < -0.39 is 17.6 Å². The zero-order valence-electron chi connectivity index (χ0n) is 7.99. The lowest BCUT2D eigenvalue weighted by Gasteiger charge is -2.23. The van der Waals surface area contributed by atoms with Crippen LogP contribution < -0.4 is 0 Å². The Labute approximate surface area is 85.2 Å². The lowest BCUT2D eigenvalue weighted by molar-refractivity contribution is -0.161. The highest BCUT2D eigenvalue weighted by Gasteiger charge is 2.31. The van der Waals surface area contributed by atoms with Crippen molar-refractivity contribution in [1.29, 1.82) is 0 Å². The summed E-state index contributed by atoms with van der Waals surface area (Å²) in [4.78, 5) is 27.6. The minimum atomic E-state index is -0.622. The smallest absolute Gasteiger partial charge is 0.272 e. The molecule has 0 aliphatic carbocycles. The van der Waals surface area contributed by atoms with Gasteiger partial charge in [0, 0.05) is 5.56 Å². The summed E-state index contributed by atoms with van der Waals surface area (Å²) in [6.45, 7) is 0. The standard InChI is InChI=1S/C10H8FNO3/c1-15-12-9(13)4-6-2-3-7(11)5-8(6)10(12)14/h2-3,5H,4H2,1H3. The molecule has 15 heavy (non-hydrogen) atoms. The Balaban J connectivity index is 2.51. The Kier molecular flexibility index (Phi) is 2.24. The van der Waals surface area contributed by atoms with Crippen molar-refractivity contribution in [3.05, 3.63) is 35.1 Å². The minimum Gasteiger partial charge on any atom is -0.272 e. The molecule has 0 saturated heterocycles. The van der Waals surface area contributed by atoms with Crippen LogP contribution in [-0.4, -0.2) is 24.0 Å². The number of hydroxylamine groups is 2. The van der Waals surface area contributed by atoms with E-state index in [4.69, 9.17) is 0 Å². The van der Waals surface area contributed by atoms with Crippen molar-refractivity contribution in [2.75, 3.05) is 7.11 Å². The van der Waals surface area contributed by atoms with Gasteiger partial charge in [-0.15, -0.1) is 5.06 Å². The number of benzene rings is 1. The third kappa shape index (κ3) is 1.50. The molecule has 1 aliphatic heterocycles. The molecule has 2 amide bonds. The van der Waals surface area contributed by atoms with Crippen molar-refractivity contribution in [2.45, 2.75) is 6.42 Å². The number of imide groups is 1. The molecule has 0 spiro atoms. The molecule has 0 unspecified atom stereocenters. The first-order valence-corrected chi connectivity index (χ1v) is 4.33. The van der Waals surface area contributed by atoms with Crippen molar-refractivity contribution < 1.29 is 18.8 Å². The topological polar surface area (TPSA) is 46.6 Å². The molecule has 1 aromatic carbocycles. The van der Waals surface area contributed by atoms with Gasteiger partial charge in [0.15, 0.2) is 0 Å². The van der Waals surface area contributed by atoms with Crippen molar-refractivity contribution in [3.8, 4) is 0 Å². The van der Waals surface area contributed by atoms with Crippen LogP contribution in [0.1, 0.15) is 15.9 Å². The molecule has 0 N–H and O–H groups in total. The first-order chi connectivity index (χ1) is 7.13. The molecule has 0 radical (unpaired) electrons. The molecule has 1 aromatic rings. The molecule has 1 heterocycles. The summed E-state index contributed by atoms with van der Waals surface area (Å²) < 4.78 is 12.9. The van der Waals surface area contributed by atoms with E-state index in [-0.39, 0.29) is 12.0 Å². The number of hydrogen-bond acceptors (Lipinski definition) is 3. The van der Waals surface area contributed by atoms with E-state index in [0.29, 0.717) is 10.6 Å². The number of hydrogen-bond donors (Lipinski definition) is 0. The molecule has 0 atom stereocenters. The number of carbonyl (C=O) groups excluding carboxylic acids is 2. The van der Waals surface area contributed by atoms with Crippen molar-refractivity contribution >= 4 is 11.8 Å². The van der Waals surface area contributed by atoms with Crippen LogP contribution in [-0.2, 0) is 16.1 Å². The summed E-state index contributed by atoms with van der Waals surface area (Å²) >= 11 is 0. The van der Waals surface area contributed by atoms with Gasteiger partial charge in [0.2, 0.25) is 0 Å². The second-order valence-electron chi connectivity index (χ2n) is 3.15. The van der Waals surface area contributed by atoms with Crippen LogP contribution >= 0.6 is 0 Å². The van der Waals surface area contributed by atoms with E-state index >= 15 is 0 Å². The van der Waals surface area contributed by atoms with Crippen molar-refractivity contribution in [2.24, 2.45) is 0 Å². The average molecular weight is 209 g/mol. The molecule has 0 saturated carbocycles. The molecular formula is C10H8FNO3. The van der Waals surface area contributed by atoms with Gasteiger partial charge in [-0.2, -0.15) is 0 Å². The van der Waals surface area contributed by atoms with Gasteiger partial charge in [0.05, 0.1) is 13.5 Å². The molecule has 5 heteroatoms. The molecule has 0 aromatic heterocycles. The van der Waals surface area contributed by atoms with Gasteiger partial charge >= 0.3 is 0 Å². The highest BCUT2D eigenvalue weighted by atomic mass is 19.1. The zero-order valence-corrected chi connectivity index (χ0v) is 7.99. The molecule has 0 fully saturated rings. The predicted molar refractivity (Wildman–Crippen MR) is 48.3 cm³/mol. The van der Waals surface area contributed by atoms with Gasteiger partial charge < -0.3 is 0 Å². The first kappa shape index (κ1) is 9.79. The third-order valence-corrected chi connectivity index (χ3v) is 2.24. The van der Waals surface area contributed by atoms with Gasteiger partial charge in [0.25, 0.3) is 11.8 Å². The summed E-state index contributed by atoms with van der Waals surface area (Å²) in [5.41, 5.74) is 0.705. The molecule has 2 rings (SSSR count). The second-order valence-corrected chi connectivity index (χ2v) is 3.15. The van der Waals surface area contributed by atoms with Crippen LogP contribution in [0.5, 0.6) is 0 Å². The largest absolute Gasteiger partial charge is 0.285 e. The van der Waals surface area contributed by atoms with Crippen LogP contribution in [0.25, 0.3) is 0 Å². The van der Waals surface area contributed by atoms with Crippen LogP contribution in [0, 0.1) is 5.82 Å². The van der Waals surface area contributed by atoms with Crippen molar-refractivity contribution in [3.63, 3.8) is 0 Å². The van der Waals surface area contributed by atoms with E-state index in [9.17, 15) is 14.0 Å². The fraction of sp³-hybridized carbons (Fsp3) is 0.200. The number of rotatable bonds is 1. The Morgan fingerprint density at radius 1 is 1.40 bits per heavy atom. The van der Waals surface area contributed by atoms with Crippen LogP contribution in [0.4, 0.5) is 4.39 Å². The molecule has 78 valence electrons. The molecular weight excluding hydrogens is 201 g/mol. The van der Waals surface area contributed by atoms with Crippen LogP contribution in [0.3, 0.4) is 0 Å². The quantitative estimate of drug-likeness (QED) is 0.646. The summed E-state index contributed by atoms with van der Waals surface area (Å²) in [7, 11) is 1.22. The Morgan fingerprint density at radius 2 is 2.13 bits per heavy atom. The number of carbonyl (C=O) groups is 2. The van der Waals surface area contributed by atoms with Crippen LogP contribution in [0.15, 0.2) is 18.2 Å². The summed E-state index contributed by atoms with van der Waals surface area (Å²) in [5.74, 6) is -1.57. The van der Waals surface area contributed by atoms with E-state index in [0.717, 1.165) is 6.07 Å². The monoisotopic (exact) mass is 209 g/mol. The second kappa shape index (κ2) is 3.43. The number of amides is 2. The number of halogens is 1. The Morgan fingerprint density at radius 3 is 2.80 bits per heavy atom. The van der Waals surface area contributed by atoms with E-state index in [2.05, 4.69) is 4.84 Å². The summed E-state index contributed by atoms with van der Waals surface area (Å²) in [6.07, 6.45) is 0.0508. The maximum Gasteiger partial charge on any atom is 0.285 e. The lowest BCUT2D eigenvalue weighted by atomic mass is 10.00. The number of fused-ring (bicyclic) bond motifs is 1. The average Bonchev–Trinajstić information content (AvgIpc) is 2.20. The SMILES string of the molecule is CON1C(=O)Cc2ccc(F)cc2C1=O. The minimum absolute atomic E-state index is 0.0508. The summed E-state index contributed by atoms with van der Waals surface area (Å²) in [6, 6.07) is 3.77. The maximum absolute atomic E-state index is 12.9. The first-order valence-electron chi connectivity index (χ1n) is 4.33. The normalized spacial score (nSPS) is 15.5. The van der Waals surface area contributed by atoms with Gasteiger partial charge in [-0.25, -0.2) is 4.39 Å². The molecule has 0 bridgehead atoms. The highest BCUT2D eigenvalue weighted by molar-refractivity contribution is 6.08. The van der Waals surface area contributed by atoms with E-state index in [1.54, 1.807) is 0 Å². The third-order valence-electron chi connectivity index (χ3n) is 2.24. The lowest BCUT2D eigenvalue weighted by Crippen LogP contribution is -2.41. The van der Waals surface area contributed by atoms with Gasteiger partial charge in [-0.3, -0.25) is 14.4 Å². The zero-order chi connectivity index (χ0) is 11.0. The molecule has 4 nitrogen and oxygen atoms in total. The fourth-order valence-electron chi connectivity index (χ4n) is 1.54. The maximum atomic E-state index is 12.9. The predicted octanol–water partition coefficient (Wildman–Crippen LogP) is 0.912. The summed E-state index contributed by atoms with van der Waals surface area (Å²) in [5, 5.41) is 0.641. The van der Waals surface area contributed by atoms with E-state index in [1.165, 1.54) is 19.2 Å². The van der Waals surface area contributed by atoms with Gasteiger partial charge in [-0.1, -0.05) is 6.07 Å². The number of nitrogens with zero attached hydrogens (tertiary/aromatic N) is 1. The van der Waals surface area contributed by atoms with E-state index in [1.807, 2.05) is 0 Å². The van der Waals surface area contributed by atoms with Gasteiger partial charge in [0.1, 0.15) is 5.82 Å². The van der Waals surface area contributed by atoms with Crippen LogP contribution in [0.2, 0.25) is 0 Å². The fourth-order valence-corrected chi connectivity index (χ4v) is 1.54. The Hall–Kier alpha value is -1.75.